The summed E-state index contributed by atoms with van der Waals surface area (Å²) in [6, 6.07) is 4.69. The zero-order chi connectivity index (χ0) is 17.4. The summed E-state index contributed by atoms with van der Waals surface area (Å²) in [6.45, 7) is 3.42. The maximum Gasteiger partial charge on any atom is 0.339 e. The van der Waals surface area contributed by atoms with Crippen molar-refractivity contribution in [3.8, 4) is 0 Å². The van der Waals surface area contributed by atoms with Crippen LogP contribution in [0.4, 0.5) is 4.39 Å². The van der Waals surface area contributed by atoms with Gasteiger partial charge in [-0.3, -0.25) is 4.79 Å². The molecule has 1 aliphatic carbocycles. The largest absolute Gasteiger partial charge is 0.465 e. The molecular weight excluding hydrogens is 311 g/mol. The number of nitrogens with one attached hydrogen (secondary N) is 2. The van der Waals surface area contributed by atoms with Gasteiger partial charge in [0.2, 0.25) is 0 Å². The molecular formula is C18H19FN2O3. The van der Waals surface area contributed by atoms with Crippen molar-refractivity contribution in [3.63, 3.8) is 0 Å². The lowest BCUT2D eigenvalue weighted by molar-refractivity contribution is 0.0599. The smallest absolute Gasteiger partial charge is 0.339 e. The number of fused-ring (bicyclic) bond motifs is 1. The first-order valence-electron chi connectivity index (χ1n) is 7.79. The van der Waals surface area contributed by atoms with E-state index < -0.39 is 5.97 Å². The van der Waals surface area contributed by atoms with E-state index in [0.29, 0.717) is 40.9 Å². The normalized spacial score (nSPS) is 15.9. The number of halogens is 1. The van der Waals surface area contributed by atoms with E-state index in [1.807, 2.05) is 6.07 Å². The van der Waals surface area contributed by atoms with Gasteiger partial charge in [-0.05, 0) is 49.4 Å². The first-order valence-corrected chi connectivity index (χ1v) is 7.79. The molecule has 0 saturated carbocycles. The van der Waals surface area contributed by atoms with Crippen molar-refractivity contribution in [2.24, 2.45) is 0 Å². The van der Waals surface area contributed by atoms with E-state index in [9.17, 15) is 14.0 Å². The molecule has 0 spiro atoms. The van der Waals surface area contributed by atoms with E-state index >= 15 is 0 Å². The van der Waals surface area contributed by atoms with Crippen LogP contribution in [-0.2, 0) is 11.2 Å². The number of aromatic nitrogens is 1. The lowest BCUT2D eigenvalue weighted by Crippen LogP contribution is -2.28. The van der Waals surface area contributed by atoms with Gasteiger partial charge in [0.1, 0.15) is 11.5 Å². The second-order valence-electron chi connectivity index (χ2n) is 5.99. The molecule has 1 atom stereocenters. The lowest BCUT2D eigenvalue weighted by Gasteiger charge is -2.14. The molecule has 0 fully saturated rings. The quantitative estimate of drug-likeness (QED) is 0.850. The molecule has 1 aliphatic rings. The molecule has 1 heterocycles. The second-order valence-corrected chi connectivity index (χ2v) is 5.99. The highest BCUT2D eigenvalue weighted by atomic mass is 19.1. The van der Waals surface area contributed by atoms with Crippen LogP contribution in [0, 0.1) is 19.7 Å². The molecule has 6 heteroatoms. The summed E-state index contributed by atoms with van der Waals surface area (Å²) in [4.78, 5) is 27.4. The summed E-state index contributed by atoms with van der Waals surface area (Å²) < 4.78 is 18.6. The molecule has 2 aromatic rings. The first-order chi connectivity index (χ1) is 11.4. The van der Waals surface area contributed by atoms with Crippen LogP contribution in [0.15, 0.2) is 18.2 Å². The van der Waals surface area contributed by atoms with Crippen LogP contribution < -0.4 is 5.32 Å². The Balaban J connectivity index is 1.85. The number of methoxy groups -OCH3 is 1. The zero-order valence-corrected chi connectivity index (χ0v) is 13.8. The number of hydrogen-bond acceptors (Lipinski definition) is 3. The molecule has 1 amide bonds. The molecule has 0 radical (unpaired) electrons. The van der Waals surface area contributed by atoms with E-state index in [-0.39, 0.29) is 17.8 Å². The average Bonchev–Trinajstić information content (AvgIpc) is 3.09. The highest BCUT2D eigenvalue weighted by Crippen LogP contribution is 2.33. The number of aryl methyl sites for hydroxylation is 1. The van der Waals surface area contributed by atoms with Crippen LogP contribution in [0.5, 0.6) is 0 Å². The van der Waals surface area contributed by atoms with Gasteiger partial charge in [0.25, 0.3) is 5.91 Å². The van der Waals surface area contributed by atoms with Crippen LogP contribution in [0.2, 0.25) is 0 Å². The maximum absolute atomic E-state index is 13.8. The van der Waals surface area contributed by atoms with Crippen molar-refractivity contribution in [1.29, 1.82) is 0 Å². The molecule has 2 N–H and O–H groups in total. The molecule has 5 nitrogen and oxygen atoms in total. The third kappa shape index (κ3) is 2.58. The van der Waals surface area contributed by atoms with Crippen LogP contribution in [0.25, 0.3) is 0 Å². The highest BCUT2D eigenvalue weighted by Gasteiger charge is 2.28. The number of benzene rings is 1. The number of esters is 1. The van der Waals surface area contributed by atoms with Gasteiger partial charge in [-0.15, -0.1) is 0 Å². The maximum atomic E-state index is 13.8. The fraction of sp³-hybridized carbons (Fsp3) is 0.333. The Morgan fingerprint density at radius 2 is 2.08 bits per heavy atom. The van der Waals surface area contributed by atoms with Gasteiger partial charge in [-0.1, -0.05) is 12.1 Å². The predicted molar refractivity (Wildman–Crippen MR) is 86.5 cm³/mol. The Kier molecular flexibility index (Phi) is 4.13. The number of aromatic amines is 1. The van der Waals surface area contributed by atoms with Gasteiger partial charge >= 0.3 is 5.97 Å². The number of amides is 1. The predicted octanol–water partition coefficient (Wildman–Crippen LogP) is 2.97. The number of ether oxygens (including phenoxy) is 1. The molecule has 126 valence electrons. The summed E-state index contributed by atoms with van der Waals surface area (Å²) >= 11 is 0. The molecule has 1 aromatic carbocycles. The van der Waals surface area contributed by atoms with Crippen molar-refractivity contribution in [2.75, 3.05) is 7.11 Å². The highest BCUT2D eigenvalue weighted by molar-refractivity contribution is 6.00. The Bertz CT molecular complexity index is 826. The molecule has 24 heavy (non-hydrogen) atoms. The van der Waals surface area contributed by atoms with Crippen molar-refractivity contribution in [1.82, 2.24) is 10.3 Å². The molecule has 0 bridgehead atoms. The Morgan fingerprint density at radius 1 is 1.33 bits per heavy atom. The summed E-state index contributed by atoms with van der Waals surface area (Å²) in [5, 5.41) is 2.93. The second kappa shape index (κ2) is 6.11. The Labute approximate surface area is 139 Å². The number of carbonyl (C=O) groups excluding carboxylic acids is 2. The summed E-state index contributed by atoms with van der Waals surface area (Å²) in [7, 11) is 1.30. The van der Waals surface area contributed by atoms with Crippen molar-refractivity contribution >= 4 is 11.9 Å². The van der Waals surface area contributed by atoms with Crippen LogP contribution in [-0.4, -0.2) is 24.0 Å². The fourth-order valence-corrected chi connectivity index (χ4v) is 3.38. The van der Waals surface area contributed by atoms with Gasteiger partial charge in [0, 0.05) is 5.69 Å². The third-order valence-electron chi connectivity index (χ3n) is 4.57. The van der Waals surface area contributed by atoms with Gasteiger partial charge in [-0.25, -0.2) is 9.18 Å². The van der Waals surface area contributed by atoms with E-state index in [0.717, 1.165) is 5.56 Å². The monoisotopic (exact) mass is 330 g/mol. The fourth-order valence-electron chi connectivity index (χ4n) is 3.38. The molecule has 0 aliphatic heterocycles. The molecule has 1 unspecified atom stereocenters. The van der Waals surface area contributed by atoms with E-state index in [4.69, 9.17) is 4.74 Å². The van der Waals surface area contributed by atoms with Crippen molar-refractivity contribution in [2.45, 2.75) is 32.7 Å². The minimum atomic E-state index is -0.478. The minimum absolute atomic E-state index is 0.229. The van der Waals surface area contributed by atoms with Crippen molar-refractivity contribution in [3.05, 3.63) is 57.7 Å². The summed E-state index contributed by atoms with van der Waals surface area (Å²) in [5.41, 5.74) is 3.32. The van der Waals surface area contributed by atoms with Crippen LogP contribution in [0.1, 0.15) is 55.7 Å². The SMILES string of the molecule is COC(=O)c1c(C)[nH]c(C(=O)NC2CCc3c(F)cccc32)c1C. The lowest BCUT2D eigenvalue weighted by atomic mass is 10.1. The minimum Gasteiger partial charge on any atom is -0.465 e. The average molecular weight is 330 g/mol. The first kappa shape index (κ1) is 16.2. The van der Waals surface area contributed by atoms with Gasteiger partial charge in [0.15, 0.2) is 0 Å². The Hall–Kier alpha value is -2.63. The standard InChI is InChI=1S/C18H19FN2O3/c1-9-15(18(23)24-3)10(2)20-16(9)17(22)21-14-8-7-11-12(14)5-4-6-13(11)19/h4-6,14,20H,7-8H2,1-3H3,(H,21,22). The summed E-state index contributed by atoms with van der Waals surface area (Å²) in [6.07, 6.45) is 1.26. The van der Waals surface area contributed by atoms with Gasteiger partial charge < -0.3 is 15.0 Å². The number of carbonyl (C=O) groups is 2. The zero-order valence-electron chi connectivity index (χ0n) is 13.8. The number of hydrogen-bond donors (Lipinski definition) is 2. The molecule has 1 aromatic heterocycles. The molecule has 3 rings (SSSR count). The third-order valence-corrected chi connectivity index (χ3v) is 4.57. The van der Waals surface area contributed by atoms with Crippen molar-refractivity contribution < 1.29 is 18.7 Å². The van der Waals surface area contributed by atoms with E-state index in [1.165, 1.54) is 13.2 Å². The van der Waals surface area contributed by atoms with Crippen LogP contribution >= 0.6 is 0 Å². The van der Waals surface area contributed by atoms with Crippen LogP contribution in [0.3, 0.4) is 0 Å². The number of rotatable bonds is 3. The van der Waals surface area contributed by atoms with E-state index in [2.05, 4.69) is 10.3 Å². The number of H-pyrrole nitrogens is 1. The van der Waals surface area contributed by atoms with Gasteiger partial charge in [0.05, 0.1) is 18.7 Å². The topological polar surface area (TPSA) is 71.2 Å². The van der Waals surface area contributed by atoms with Gasteiger partial charge in [-0.2, -0.15) is 0 Å². The summed E-state index contributed by atoms with van der Waals surface area (Å²) in [5.74, 6) is -1.02. The van der Waals surface area contributed by atoms with E-state index in [1.54, 1.807) is 19.9 Å². The Morgan fingerprint density at radius 3 is 2.79 bits per heavy atom. The molecule has 0 saturated heterocycles.